The Labute approximate surface area is 404 Å². The quantitative estimate of drug-likeness (QED) is 0.0262. The van der Waals surface area contributed by atoms with Crippen LogP contribution in [0.25, 0.3) is 0 Å². The normalized spacial score (nSPS) is 13.3. The molecule has 0 radical (unpaired) electrons. The predicted octanol–water partition coefficient (Wildman–Crippen LogP) is 17.3. The maximum Gasteiger partial charge on any atom is 0.310 e. The SMILES string of the molecule is CC/C=C\C/C=C\C/C=C\C/C=C\C/C=C\CC(=O)OCC(COC(=O)CCCCCCCCC/C=C\C/C=C\CCCCCC)OC(=O)C/C=C\C/C=C\C/C=C\C/C=C\C/C=C\CC. The minimum absolute atomic E-state index is 0.0690. The van der Waals surface area contributed by atoms with Crippen LogP contribution in [0, 0.1) is 0 Å². The molecule has 0 bridgehead atoms. The highest BCUT2D eigenvalue weighted by Crippen LogP contribution is 2.12. The van der Waals surface area contributed by atoms with E-state index in [2.05, 4.69) is 142 Å². The standard InChI is InChI=1S/C60H92O6/c1-4-7-10-13-16-19-22-25-28-29-30-33-35-38-41-44-47-50-53-59(62)65-56-57(66-60(63)54-51-48-45-42-39-36-32-27-24-21-18-15-12-9-6-3)55-64-58(61)52-49-46-43-40-37-34-31-26-23-20-17-14-11-8-5-2/h8-9,11-12,17-22,26-29,31-32,37,39-40,42,46,48-49,51,57H,4-7,10,13-16,23-25,30,33-36,38,41,43-45,47,50,52-56H2,1-3H3/b11-8-,12-9-,20-17-,21-18-,22-19-,29-28-,31-26-,32-27-,40-37-,42-39-,49-46-,51-48-. The molecule has 0 aliphatic rings. The third-order valence-electron chi connectivity index (χ3n) is 10.1. The molecule has 1 unspecified atom stereocenters. The average Bonchev–Trinajstić information content (AvgIpc) is 3.31. The second kappa shape index (κ2) is 52.9. The van der Waals surface area contributed by atoms with Gasteiger partial charge in [0.2, 0.25) is 0 Å². The van der Waals surface area contributed by atoms with Gasteiger partial charge >= 0.3 is 17.9 Å². The molecular weight excluding hydrogens is 817 g/mol. The van der Waals surface area contributed by atoms with Crippen LogP contribution in [0.5, 0.6) is 0 Å². The first-order chi connectivity index (χ1) is 32.5. The van der Waals surface area contributed by atoms with Crippen LogP contribution >= 0.6 is 0 Å². The number of allylic oxidation sites excluding steroid dienone is 22. The van der Waals surface area contributed by atoms with E-state index in [1.807, 2.05) is 12.2 Å². The lowest BCUT2D eigenvalue weighted by Crippen LogP contribution is -2.30. The topological polar surface area (TPSA) is 78.9 Å². The van der Waals surface area contributed by atoms with Crippen molar-refractivity contribution in [3.05, 3.63) is 146 Å². The van der Waals surface area contributed by atoms with Crippen LogP contribution in [0.1, 0.15) is 194 Å². The van der Waals surface area contributed by atoms with E-state index in [0.29, 0.717) is 19.3 Å². The molecule has 6 heteroatoms. The van der Waals surface area contributed by atoms with Gasteiger partial charge in [-0.05, 0) is 103 Å². The lowest BCUT2D eigenvalue weighted by molar-refractivity contribution is -0.166. The molecule has 66 heavy (non-hydrogen) atoms. The predicted molar refractivity (Wildman–Crippen MR) is 283 cm³/mol. The van der Waals surface area contributed by atoms with Crippen molar-refractivity contribution in [1.82, 2.24) is 0 Å². The number of hydrogen-bond donors (Lipinski definition) is 0. The van der Waals surface area contributed by atoms with Gasteiger partial charge in [-0.2, -0.15) is 0 Å². The van der Waals surface area contributed by atoms with Crippen molar-refractivity contribution in [3.63, 3.8) is 0 Å². The van der Waals surface area contributed by atoms with Gasteiger partial charge in [-0.1, -0.05) is 218 Å². The van der Waals surface area contributed by atoms with Crippen LogP contribution in [0.3, 0.4) is 0 Å². The molecule has 0 aromatic carbocycles. The van der Waals surface area contributed by atoms with Crippen LogP contribution in [-0.2, 0) is 28.6 Å². The molecule has 0 saturated carbocycles. The maximum absolute atomic E-state index is 12.7. The summed E-state index contributed by atoms with van der Waals surface area (Å²) in [6.07, 6.45) is 75.9. The number of unbranched alkanes of at least 4 members (excludes halogenated alkanes) is 11. The molecule has 0 aliphatic carbocycles. The summed E-state index contributed by atoms with van der Waals surface area (Å²) in [6, 6.07) is 0. The molecule has 0 amide bonds. The van der Waals surface area contributed by atoms with Gasteiger partial charge in [0.1, 0.15) is 13.2 Å². The first-order valence-electron chi connectivity index (χ1n) is 25.8. The Bertz CT molecular complexity index is 1510. The van der Waals surface area contributed by atoms with E-state index in [-0.39, 0.29) is 32.0 Å². The monoisotopic (exact) mass is 909 g/mol. The van der Waals surface area contributed by atoms with Gasteiger partial charge in [-0.25, -0.2) is 0 Å². The number of carbonyl (C=O) groups is 3. The lowest BCUT2D eigenvalue weighted by atomic mass is 10.1. The largest absolute Gasteiger partial charge is 0.462 e. The summed E-state index contributed by atoms with van der Waals surface area (Å²) in [4.78, 5) is 37.9. The number of carbonyl (C=O) groups excluding carboxylic acids is 3. The first-order valence-corrected chi connectivity index (χ1v) is 25.8. The smallest absolute Gasteiger partial charge is 0.310 e. The Kier molecular flexibility index (Phi) is 49.1. The molecule has 368 valence electrons. The first kappa shape index (κ1) is 61.3. The second-order valence-corrected chi connectivity index (χ2v) is 16.3. The Hall–Kier alpha value is -4.71. The van der Waals surface area contributed by atoms with E-state index in [1.165, 1.54) is 57.8 Å². The van der Waals surface area contributed by atoms with Crippen LogP contribution in [0.2, 0.25) is 0 Å². The van der Waals surface area contributed by atoms with Gasteiger partial charge in [0.15, 0.2) is 6.10 Å². The van der Waals surface area contributed by atoms with Crippen molar-refractivity contribution in [3.8, 4) is 0 Å². The number of rotatable bonds is 44. The van der Waals surface area contributed by atoms with Crippen molar-refractivity contribution in [2.45, 2.75) is 200 Å². The molecule has 0 N–H and O–H groups in total. The van der Waals surface area contributed by atoms with Gasteiger partial charge in [-0.15, -0.1) is 0 Å². The Morgan fingerprint density at radius 2 is 0.652 bits per heavy atom. The fourth-order valence-corrected chi connectivity index (χ4v) is 6.32. The average molecular weight is 909 g/mol. The molecule has 0 aliphatic heterocycles. The van der Waals surface area contributed by atoms with Gasteiger partial charge in [0.05, 0.1) is 12.8 Å². The van der Waals surface area contributed by atoms with Gasteiger partial charge in [0, 0.05) is 6.42 Å². The van der Waals surface area contributed by atoms with E-state index >= 15 is 0 Å². The van der Waals surface area contributed by atoms with Crippen molar-refractivity contribution in [2.24, 2.45) is 0 Å². The molecule has 0 saturated heterocycles. The van der Waals surface area contributed by atoms with Gasteiger partial charge in [0.25, 0.3) is 0 Å². The van der Waals surface area contributed by atoms with E-state index < -0.39 is 18.0 Å². The highest BCUT2D eigenvalue weighted by atomic mass is 16.6. The Balaban J connectivity index is 4.65. The molecule has 0 aromatic heterocycles. The van der Waals surface area contributed by atoms with Crippen LogP contribution < -0.4 is 0 Å². The molecule has 1 atom stereocenters. The zero-order valence-electron chi connectivity index (χ0n) is 41.9. The number of esters is 3. The molecule has 6 nitrogen and oxygen atoms in total. The van der Waals surface area contributed by atoms with E-state index in [4.69, 9.17) is 14.2 Å². The van der Waals surface area contributed by atoms with Crippen LogP contribution in [-0.4, -0.2) is 37.2 Å². The molecule has 0 fully saturated rings. The second-order valence-electron chi connectivity index (χ2n) is 16.3. The van der Waals surface area contributed by atoms with E-state index in [1.54, 1.807) is 12.2 Å². The molecular formula is C60H92O6. The van der Waals surface area contributed by atoms with E-state index in [0.717, 1.165) is 83.5 Å². The summed E-state index contributed by atoms with van der Waals surface area (Å²) < 4.78 is 16.6. The van der Waals surface area contributed by atoms with Crippen LogP contribution in [0.4, 0.5) is 0 Å². The Morgan fingerprint density at radius 1 is 0.333 bits per heavy atom. The number of ether oxygens (including phenoxy) is 3. The van der Waals surface area contributed by atoms with Crippen molar-refractivity contribution in [1.29, 1.82) is 0 Å². The molecule has 0 spiro atoms. The highest BCUT2D eigenvalue weighted by molar-refractivity contribution is 5.72. The zero-order valence-corrected chi connectivity index (χ0v) is 41.9. The summed E-state index contributed by atoms with van der Waals surface area (Å²) in [6.45, 7) is 6.19. The van der Waals surface area contributed by atoms with Crippen molar-refractivity contribution < 1.29 is 28.6 Å². The summed E-state index contributed by atoms with van der Waals surface area (Å²) in [5.74, 6) is -1.24. The lowest BCUT2D eigenvalue weighted by Gasteiger charge is -2.17. The molecule has 0 rings (SSSR count). The summed E-state index contributed by atoms with van der Waals surface area (Å²) in [5.41, 5.74) is 0. The fourth-order valence-electron chi connectivity index (χ4n) is 6.32. The molecule has 0 aromatic rings. The van der Waals surface area contributed by atoms with Crippen molar-refractivity contribution >= 4 is 17.9 Å². The van der Waals surface area contributed by atoms with Gasteiger partial charge in [-0.3, -0.25) is 14.4 Å². The van der Waals surface area contributed by atoms with Crippen molar-refractivity contribution in [2.75, 3.05) is 13.2 Å². The van der Waals surface area contributed by atoms with Crippen LogP contribution in [0.15, 0.2) is 146 Å². The minimum Gasteiger partial charge on any atom is -0.462 e. The molecule has 0 heterocycles. The third-order valence-corrected chi connectivity index (χ3v) is 10.1. The minimum atomic E-state index is -0.881. The van der Waals surface area contributed by atoms with E-state index in [9.17, 15) is 14.4 Å². The fraction of sp³-hybridized carbons (Fsp3) is 0.550. The summed E-state index contributed by atoms with van der Waals surface area (Å²) in [5, 5.41) is 0. The zero-order chi connectivity index (χ0) is 47.9. The Morgan fingerprint density at radius 3 is 1.06 bits per heavy atom. The third kappa shape index (κ3) is 50.3. The summed E-state index contributed by atoms with van der Waals surface area (Å²) >= 11 is 0. The summed E-state index contributed by atoms with van der Waals surface area (Å²) in [7, 11) is 0. The van der Waals surface area contributed by atoms with Gasteiger partial charge < -0.3 is 14.2 Å². The maximum atomic E-state index is 12.7. The number of hydrogen-bond acceptors (Lipinski definition) is 6. The highest BCUT2D eigenvalue weighted by Gasteiger charge is 2.19.